The Labute approximate surface area is 72.4 Å². The Kier molecular flexibility index (Phi) is 2.38. The molecule has 1 nitrogen and oxygen atoms in total. The minimum absolute atomic E-state index is 0.0231. The fourth-order valence-electron chi connectivity index (χ4n) is 1.24. The van der Waals surface area contributed by atoms with Crippen LogP contribution in [0.5, 0.6) is 0 Å². The van der Waals surface area contributed by atoms with E-state index >= 15 is 0 Å². The predicted molar refractivity (Wildman–Crippen MR) is 46.8 cm³/mol. The van der Waals surface area contributed by atoms with Crippen LogP contribution in [-0.4, -0.2) is 11.7 Å². The van der Waals surface area contributed by atoms with E-state index in [4.69, 9.17) is 11.6 Å². The number of carbonyl (C=O) groups excluding carboxylic acids is 1. The number of aldehydes is 1. The van der Waals surface area contributed by atoms with E-state index < -0.39 is 0 Å². The fraction of sp³-hybridized carbons (Fsp3) is 0.667. The monoisotopic (exact) mass is 172 g/mol. The number of hydrogen-bond donors (Lipinski definition) is 0. The van der Waals surface area contributed by atoms with Crippen molar-refractivity contribution in [3.63, 3.8) is 0 Å². The maximum atomic E-state index is 10.7. The lowest BCUT2D eigenvalue weighted by atomic mass is 9.78. The zero-order valence-electron chi connectivity index (χ0n) is 6.93. The Balaban J connectivity index is 2.80. The van der Waals surface area contributed by atoms with E-state index in [9.17, 15) is 4.79 Å². The Morgan fingerprint density at radius 1 is 1.82 bits per heavy atom. The molecule has 0 fully saturated rings. The van der Waals surface area contributed by atoms with E-state index in [1.807, 2.05) is 6.92 Å². The first-order chi connectivity index (χ1) is 5.08. The fourth-order valence-corrected chi connectivity index (χ4v) is 1.63. The molecule has 2 atom stereocenters. The van der Waals surface area contributed by atoms with E-state index in [0.717, 1.165) is 19.1 Å². The highest BCUT2D eigenvalue weighted by Gasteiger charge is 2.34. The van der Waals surface area contributed by atoms with Crippen LogP contribution in [0.15, 0.2) is 11.6 Å². The molecule has 0 heterocycles. The Hall–Kier alpha value is -0.300. The SMILES string of the molecule is CC1=CC[C@@](C)(C=O)[C@@H](Cl)C1. The summed E-state index contributed by atoms with van der Waals surface area (Å²) in [6.07, 6.45) is 4.72. The van der Waals surface area contributed by atoms with E-state index in [0.29, 0.717) is 0 Å². The third-order valence-electron chi connectivity index (χ3n) is 2.38. The smallest absolute Gasteiger partial charge is 0.127 e. The van der Waals surface area contributed by atoms with Gasteiger partial charge in [0.2, 0.25) is 0 Å². The summed E-state index contributed by atoms with van der Waals surface area (Å²) in [6, 6.07) is 0. The third kappa shape index (κ3) is 1.64. The molecule has 0 aromatic carbocycles. The Morgan fingerprint density at radius 3 is 2.91 bits per heavy atom. The van der Waals surface area contributed by atoms with Crippen LogP contribution < -0.4 is 0 Å². The topological polar surface area (TPSA) is 17.1 Å². The number of hydrogen-bond acceptors (Lipinski definition) is 1. The molecule has 1 aliphatic rings. The number of carbonyl (C=O) groups is 1. The normalized spacial score (nSPS) is 38.1. The van der Waals surface area contributed by atoms with Crippen LogP contribution in [0.1, 0.15) is 26.7 Å². The molecule has 2 heteroatoms. The predicted octanol–water partition coefficient (Wildman–Crippen LogP) is 2.54. The van der Waals surface area contributed by atoms with Gasteiger partial charge in [0.05, 0.1) is 0 Å². The van der Waals surface area contributed by atoms with Gasteiger partial charge in [-0.25, -0.2) is 0 Å². The molecule has 0 aromatic rings. The summed E-state index contributed by atoms with van der Waals surface area (Å²) in [4.78, 5) is 10.7. The molecule has 0 bridgehead atoms. The lowest BCUT2D eigenvalue weighted by Gasteiger charge is -2.31. The van der Waals surface area contributed by atoms with Crippen molar-refractivity contribution in [2.24, 2.45) is 5.41 Å². The van der Waals surface area contributed by atoms with Crippen molar-refractivity contribution in [1.29, 1.82) is 0 Å². The van der Waals surface area contributed by atoms with Gasteiger partial charge in [0.1, 0.15) is 6.29 Å². The Morgan fingerprint density at radius 2 is 2.45 bits per heavy atom. The molecule has 11 heavy (non-hydrogen) atoms. The summed E-state index contributed by atoms with van der Waals surface area (Å²) >= 11 is 6.05. The quantitative estimate of drug-likeness (QED) is 0.338. The molecule has 0 saturated carbocycles. The van der Waals surface area contributed by atoms with Crippen LogP contribution in [-0.2, 0) is 4.79 Å². The summed E-state index contributed by atoms with van der Waals surface area (Å²) in [5.41, 5.74) is 0.963. The van der Waals surface area contributed by atoms with Gasteiger partial charge in [-0.15, -0.1) is 11.6 Å². The number of alkyl halides is 1. The van der Waals surface area contributed by atoms with E-state index in [-0.39, 0.29) is 10.8 Å². The number of halogens is 1. The van der Waals surface area contributed by atoms with Gasteiger partial charge < -0.3 is 4.79 Å². The van der Waals surface area contributed by atoms with Crippen molar-refractivity contribution in [3.8, 4) is 0 Å². The Bertz CT molecular complexity index is 198. The minimum Gasteiger partial charge on any atom is -0.303 e. The van der Waals surface area contributed by atoms with Gasteiger partial charge >= 0.3 is 0 Å². The molecular weight excluding hydrogens is 160 g/mol. The third-order valence-corrected chi connectivity index (χ3v) is 3.03. The van der Waals surface area contributed by atoms with Crippen LogP contribution in [0.3, 0.4) is 0 Å². The average Bonchev–Trinajstić information content (AvgIpc) is 1.98. The molecule has 0 aromatic heterocycles. The first-order valence-corrected chi connectivity index (χ1v) is 4.28. The van der Waals surface area contributed by atoms with Gasteiger partial charge in [-0.05, 0) is 19.8 Å². The molecule has 0 radical (unpaired) electrons. The first-order valence-electron chi connectivity index (χ1n) is 3.84. The second-order valence-electron chi connectivity index (χ2n) is 3.55. The molecule has 0 unspecified atom stereocenters. The molecular formula is C9H13ClO. The van der Waals surface area contributed by atoms with Crippen molar-refractivity contribution in [3.05, 3.63) is 11.6 Å². The summed E-state index contributed by atoms with van der Waals surface area (Å²) in [7, 11) is 0. The summed E-state index contributed by atoms with van der Waals surface area (Å²) in [5.74, 6) is 0. The lowest BCUT2D eigenvalue weighted by Crippen LogP contribution is -2.32. The summed E-state index contributed by atoms with van der Waals surface area (Å²) in [6.45, 7) is 3.97. The van der Waals surface area contributed by atoms with Gasteiger partial charge in [0.25, 0.3) is 0 Å². The molecule has 0 N–H and O–H groups in total. The summed E-state index contributed by atoms with van der Waals surface area (Å²) < 4.78 is 0. The summed E-state index contributed by atoms with van der Waals surface area (Å²) in [5, 5.41) is -0.0231. The van der Waals surface area contributed by atoms with Crippen LogP contribution in [0.4, 0.5) is 0 Å². The standard InChI is InChI=1S/C9H13ClO/c1-7-3-4-9(2,6-11)8(10)5-7/h3,6,8H,4-5H2,1-2H3/t8-,9-/m0/s1. The van der Waals surface area contributed by atoms with E-state index in [1.165, 1.54) is 5.57 Å². The second kappa shape index (κ2) is 2.98. The zero-order chi connectivity index (χ0) is 8.48. The maximum absolute atomic E-state index is 10.7. The van der Waals surface area contributed by atoms with Crippen LogP contribution >= 0.6 is 11.6 Å². The van der Waals surface area contributed by atoms with Gasteiger partial charge in [0, 0.05) is 10.8 Å². The first kappa shape index (κ1) is 8.79. The van der Waals surface area contributed by atoms with E-state index in [2.05, 4.69) is 13.0 Å². The molecule has 0 aliphatic heterocycles. The highest BCUT2D eigenvalue weighted by molar-refractivity contribution is 6.22. The van der Waals surface area contributed by atoms with Crippen molar-refractivity contribution in [2.45, 2.75) is 32.1 Å². The lowest BCUT2D eigenvalue weighted by molar-refractivity contribution is -0.115. The molecule has 1 rings (SSSR count). The van der Waals surface area contributed by atoms with Gasteiger partial charge in [0.15, 0.2) is 0 Å². The maximum Gasteiger partial charge on any atom is 0.127 e. The van der Waals surface area contributed by atoms with Crippen LogP contribution in [0.25, 0.3) is 0 Å². The largest absolute Gasteiger partial charge is 0.303 e. The number of rotatable bonds is 1. The van der Waals surface area contributed by atoms with Gasteiger partial charge in [-0.2, -0.15) is 0 Å². The van der Waals surface area contributed by atoms with E-state index in [1.54, 1.807) is 0 Å². The van der Waals surface area contributed by atoms with Gasteiger partial charge in [-0.1, -0.05) is 18.6 Å². The average molecular weight is 173 g/mol. The molecule has 0 amide bonds. The zero-order valence-corrected chi connectivity index (χ0v) is 7.69. The molecule has 62 valence electrons. The van der Waals surface area contributed by atoms with Crippen molar-refractivity contribution in [2.75, 3.05) is 0 Å². The molecule has 0 saturated heterocycles. The molecule has 1 aliphatic carbocycles. The van der Waals surface area contributed by atoms with Crippen molar-refractivity contribution >= 4 is 17.9 Å². The minimum atomic E-state index is -0.332. The highest BCUT2D eigenvalue weighted by atomic mass is 35.5. The molecule has 0 spiro atoms. The van der Waals surface area contributed by atoms with Crippen LogP contribution in [0, 0.1) is 5.41 Å². The van der Waals surface area contributed by atoms with Crippen molar-refractivity contribution in [1.82, 2.24) is 0 Å². The second-order valence-corrected chi connectivity index (χ2v) is 4.08. The van der Waals surface area contributed by atoms with Gasteiger partial charge in [-0.3, -0.25) is 0 Å². The van der Waals surface area contributed by atoms with Crippen molar-refractivity contribution < 1.29 is 4.79 Å². The number of allylic oxidation sites excluding steroid dienone is 2. The van der Waals surface area contributed by atoms with Crippen LogP contribution in [0.2, 0.25) is 0 Å². The highest BCUT2D eigenvalue weighted by Crippen LogP contribution is 2.36.